The smallest absolute Gasteiger partial charge is 0.131 e. The predicted molar refractivity (Wildman–Crippen MR) is 49.5 cm³/mol. The lowest BCUT2D eigenvalue weighted by molar-refractivity contribution is 0.419. The fourth-order valence-corrected chi connectivity index (χ4v) is 0.742. The molecule has 0 bridgehead atoms. The third-order valence-corrected chi connectivity index (χ3v) is 1.40. The van der Waals surface area contributed by atoms with Gasteiger partial charge in [0.25, 0.3) is 0 Å². The van der Waals surface area contributed by atoms with Crippen molar-refractivity contribution in [1.29, 1.82) is 0 Å². The molecule has 12 heavy (non-hydrogen) atoms. The van der Waals surface area contributed by atoms with Crippen LogP contribution in [0.5, 0.6) is 0 Å². The summed E-state index contributed by atoms with van der Waals surface area (Å²) in [6.07, 6.45) is 10.9. The minimum absolute atomic E-state index is 0.898. The van der Waals surface area contributed by atoms with Gasteiger partial charge in [-0.25, -0.2) is 0 Å². The number of hydrogen-bond acceptors (Lipinski definition) is 2. The van der Waals surface area contributed by atoms with Crippen LogP contribution in [0.4, 0.5) is 0 Å². The molecule has 0 saturated carbocycles. The van der Waals surface area contributed by atoms with Gasteiger partial charge in [0.05, 0.1) is 6.20 Å². The zero-order valence-electron chi connectivity index (χ0n) is 7.03. The molecule has 2 heteroatoms. The lowest BCUT2D eigenvalue weighted by Crippen LogP contribution is -1.70. The standard InChI is InChI=1S/C10H11NO/c1-3-4-5-6-9(2)10-7-11-12-8-10/h3-8H,2H2,1H3/b4-3-,6-5-. The molecule has 1 aromatic heterocycles. The molecule has 0 radical (unpaired) electrons. The van der Waals surface area contributed by atoms with E-state index < -0.39 is 0 Å². The van der Waals surface area contributed by atoms with Gasteiger partial charge in [-0.2, -0.15) is 0 Å². The molecule has 0 aliphatic carbocycles. The SMILES string of the molecule is C=C(/C=C\C=C/C)c1cnoc1. The van der Waals surface area contributed by atoms with E-state index in [0.29, 0.717) is 0 Å². The lowest BCUT2D eigenvalue weighted by Gasteiger charge is -1.89. The van der Waals surface area contributed by atoms with Gasteiger partial charge in [0.1, 0.15) is 6.26 Å². The number of rotatable bonds is 3. The van der Waals surface area contributed by atoms with E-state index in [4.69, 9.17) is 0 Å². The molecule has 0 amide bonds. The van der Waals surface area contributed by atoms with E-state index in [9.17, 15) is 0 Å². The maximum absolute atomic E-state index is 4.68. The first-order chi connectivity index (χ1) is 5.84. The molecule has 62 valence electrons. The molecule has 0 fully saturated rings. The molecule has 0 aliphatic heterocycles. The maximum Gasteiger partial charge on any atom is 0.131 e. The van der Waals surface area contributed by atoms with Crippen molar-refractivity contribution >= 4 is 5.57 Å². The van der Waals surface area contributed by atoms with E-state index in [1.54, 1.807) is 12.5 Å². The first-order valence-electron chi connectivity index (χ1n) is 3.72. The van der Waals surface area contributed by atoms with Gasteiger partial charge in [-0.1, -0.05) is 36.0 Å². The Morgan fingerprint density at radius 2 is 2.42 bits per heavy atom. The Balaban J connectivity index is 2.61. The van der Waals surface area contributed by atoms with Crippen molar-refractivity contribution in [2.45, 2.75) is 6.92 Å². The van der Waals surface area contributed by atoms with Crippen molar-refractivity contribution in [3.63, 3.8) is 0 Å². The van der Waals surface area contributed by atoms with Crippen LogP contribution in [0, 0.1) is 0 Å². The monoisotopic (exact) mass is 161 g/mol. The fraction of sp³-hybridized carbons (Fsp3) is 0.100. The van der Waals surface area contributed by atoms with Gasteiger partial charge in [-0.3, -0.25) is 0 Å². The van der Waals surface area contributed by atoms with Crippen LogP contribution in [-0.4, -0.2) is 5.16 Å². The Morgan fingerprint density at radius 3 is 3.00 bits per heavy atom. The molecule has 1 heterocycles. The largest absolute Gasteiger partial charge is 0.364 e. The molecule has 0 unspecified atom stereocenters. The minimum Gasteiger partial charge on any atom is -0.364 e. The Hall–Kier alpha value is -1.57. The van der Waals surface area contributed by atoms with Crippen LogP contribution in [0.25, 0.3) is 5.57 Å². The van der Waals surface area contributed by atoms with Gasteiger partial charge in [-0.15, -0.1) is 0 Å². The maximum atomic E-state index is 4.68. The van der Waals surface area contributed by atoms with E-state index in [2.05, 4.69) is 16.3 Å². The van der Waals surface area contributed by atoms with Crippen LogP contribution in [0.1, 0.15) is 12.5 Å². The van der Waals surface area contributed by atoms with Gasteiger partial charge in [0.2, 0.25) is 0 Å². The van der Waals surface area contributed by atoms with Crippen LogP contribution in [0.15, 0.2) is 47.9 Å². The van der Waals surface area contributed by atoms with Crippen molar-refractivity contribution in [2.75, 3.05) is 0 Å². The highest BCUT2D eigenvalue weighted by molar-refractivity contribution is 5.70. The highest BCUT2D eigenvalue weighted by Gasteiger charge is 1.95. The van der Waals surface area contributed by atoms with Crippen LogP contribution in [0.3, 0.4) is 0 Å². The molecule has 1 rings (SSSR count). The van der Waals surface area contributed by atoms with Crippen LogP contribution < -0.4 is 0 Å². The van der Waals surface area contributed by atoms with Crippen molar-refractivity contribution in [1.82, 2.24) is 5.16 Å². The molecule has 0 atom stereocenters. The minimum atomic E-state index is 0.898. The molecule has 2 nitrogen and oxygen atoms in total. The van der Waals surface area contributed by atoms with E-state index >= 15 is 0 Å². The number of allylic oxidation sites excluding steroid dienone is 5. The number of hydrogen-bond donors (Lipinski definition) is 0. The number of aromatic nitrogens is 1. The summed E-state index contributed by atoms with van der Waals surface area (Å²) in [6, 6.07) is 0. The van der Waals surface area contributed by atoms with Gasteiger partial charge in [-0.05, 0) is 12.5 Å². The Labute approximate surface area is 71.9 Å². The summed E-state index contributed by atoms with van der Waals surface area (Å²) >= 11 is 0. The van der Waals surface area contributed by atoms with Gasteiger partial charge in [0, 0.05) is 5.56 Å². The first-order valence-corrected chi connectivity index (χ1v) is 3.72. The zero-order chi connectivity index (χ0) is 8.81. The third kappa shape index (κ3) is 2.23. The molecule has 0 aromatic carbocycles. The van der Waals surface area contributed by atoms with E-state index in [1.165, 1.54) is 0 Å². The highest BCUT2D eigenvalue weighted by atomic mass is 16.5. The van der Waals surface area contributed by atoms with Crippen molar-refractivity contribution in [3.8, 4) is 0 Å². The van der Waals surface area contributed by atoms with Crippen molar-refractivity contribution in [2.24, 2.45) is 0 Å². The van der Waals surface area contributed by atoms with E-state index in [0.717, 1.165) is 11.1 Å². The third-order valence-electron chi connectivity index (χ3n) is 1.40. The summed E-state index contributed by atoms with van der Waals surface area (Å²) in [5.74, 6) is 0. The summed E-state index contributed by atoms with van der Waals surface area (Å²) in [5, 5.41) is 3.58. The molecule has 0 aliphatic rings. The Morgan fingerprint density at radius 1 is 1.58 bits per heavy atom. The lowest BCUT2D eigenvalue weighted by atomic mass is 10.1. The van der Waals surface area contributed by atoms with E-state index in [1.807, 2.05) is 31.2 Å². The second-order valence-corrected chi connectivity index (χ2v) is 2.32. The van der Waals surface area contributed by atoms with Crippen molar-refractivity contribution in [3.05, 3.63) is 48.9 Å². The summed E-state index contributed by atoms with van der Waals surface area (Å²) in [7, 11) is 0. The second kappa shape index (κ2) is 4.34. The molecule has 0 saturated heterocycles. The summed E-state index contributed by atoms with van der Waals surface area (Å²) < 4.78 is 4.68. The van der Waals surface area contributed by atoms with Gasteiger partial charge >= 0.3 is 0 Å². The molecule has 0 N–H and O–H groups in total. The summed E-state index contributed by atoms with van der Waals surface area (Å²) in [4.78, 5) is 0. The summed E-state index contributed by atoms with van der Waals surface area (Å²) in [6.45, 7) is 5.81. The van der Waals surface area contributed by atoms with Gasteiger partial charge in [0.15, 0.2) is 0 Å². The Kier molecular flexibility index (Phi) is 3.08. The summed E-state index contributed by atoms with van der Waals surface area (Å²) in [5.41, 5.74) is 1.81. The van der Waals surface area contributed by atoms with Crippen molar-refractivity contribution < 1.29 is 4.52 Å². The molecule has 1 aromatic rings. The quantitative estimate of drug-likeness (QED) is 0.637. The zero-order valence-corrected chi connectivity index (χ0v) is 7.03. The van der Waals surface area contributed by atoms with Crippen LogP contribution in [-0.2, 0) is 0 Å². The topological polar surface area (TPSA) is 26.0 Å². The fourth-order valence-electron chi connectivity index (χ4n) is 0.742. The average molecular weight is 161 g/mol. The van der Waals surface area contributed by atoms with Crippen LogP contribution >= 0.6 is 0 Å². The first kappa shape index (κ1) is 8.53. The van der Waals surface area contributed by atoms with E-state index in [-0.39, 0.29) is 0 Å². The molecular weight excluding hydrogens is 150 g/mol. The Bertz CT molecular complexity index is 294. The molecule has 0 spiro atoms. The second-order valence-electron chi connectivity index (χ2n) is 2.32. The number of nitrogens with zero attached hydrogens (tertiary/aromatic N) is 1. The van der Waals surface area contributed by atoms with Crippen LogP contribution in [0.2, 0.25) is 0 Å². The van der Waals surface area contributed by atoms with Gasteiger partial charge < -0.3 is 4.52 Å². The highest BCUT2D eigenvalue weighted by Crippen LogP contribution is 2.11. The normalized spacial score (nSPS) is 11.4. The predicted octanol–water partition coefficient (Wildman–Crippen LogP) is 2.82. The average Bonchev–Trinajstić information content (AvgIpc) is 2.56. The molecular formula is C10H11NO.